The summed E-state index contributed by atoms with van der Waals surface area (Å²) in [6.07, 6.45) is 2.70. The Labute approximate surface area is 144 Å². The van der Waals surface area contributed by atoms with E-state index in [4.69, 9.17) is 4.74 Å². The Kier molecular flexibility index (Phi) is 5.19. The fourth-order valence-corrected chi connectivity index (χ4v) is 3.52. The number of hydrogen-bond donors (Lipinski definition) is 0. The minimum absolute atomic E-state index is 0.0600. The number of nitrogens with zero attached hydrogens (tertiary/aromatic N) is 1. The fourth-order valence-electron chi connectivity index (χ4n) is 3.52. The molecule has 1 saturated heterocycles. The van der Waals surface area contributed by atoms with Gasteiger partial charge in [0.05, 0.1) is 0 Å². The lowest BCUT2D eigenvalue weighted by Gasteiger charge is -2.40. The van der Waals surface area contributed by atoms with E-state index in [1.54, 1.807) is 0 Å². The molecule has 3 rings (SSSR count). The molecule has 1 heterocycles. The molecule has 24 heavy (non-hydrogen) atoms. The molecule has 0 aliphatic carbocycles. The average Bonchev–Trinajstić information content (AvgIpc) is 2.61. The van der Waals surface area contributed by atoms with Crippen LogP contribution in [-0.4, -0.2) is 22.9 Å². The van der Waals surface area contributed by atoms with Gasteiger partial charge in [0.25, 0.3) is 5.91 Å². The molecule has 0 spiro atoms. The average molecular weight is 323 g/mol. The van der Waals surface area contributed by atoms with Crippen LogP contribution in [0.2, 0.25) is 0 Å². The van der Waals surface area contributed by atoms with Gasteiger partial charge in [0.1, 0.15) is 5.75 Å². The van der Waals surface area contributed by atoms with E-state index in [0.29, 0.717) is 0 Å². The molecule has 3 atom stereocenters. The molecule has 1 fully saturated rings. The summed E-state index contributed by atoms with van der Waals surface area (Å²) in [4.78, 5) is 15.3. The second-order valence-corrected chi connectivity index (χ2v) is 6.60. The van der Waals surface area contributed by atoms with Crippen molar-refractivity contribution in [3.05, 3.63) is 66.2 Å². The first-order chi connectivity index (χ1) is 11.7. The molecule has 2 aromatic carbocycles. The van der Waals surface area contributed by atoms with E-state index in [9.17, 15) is 4.79 Å². The highest BCUT2D eigenvalue weighted by molar-refractivity contribution is 5.83. The van der Waals surface area contributed by atoms with Crippen LogP contribution in [0.4, 0.5) is 0 Å². The van der Waals surface area contributed by atoms with Crippen molar-refractivity contribution in [3.63, 3.8) is 0 Å². The van der Waals surface area contributed by atoms with Crippen molar-refractivity contribution in [2.24, 2.45) is 0 Å². The number of carbonyl (C=O) groups is 1. The number of benzene rings is 2. The summed E-state index contributed by atoms with van der Waals surface area (Å²) in [5, 5.41) is 0. The van der Waals surface area contributed by atoms with Crippen molar-refractivity contribution in [1.82, 2.24) is 4.90 Å². The maximum Gasteiger partial charge on any atom is 0.268 e. The number of piperidine rings is 1. The highest BCUT2D eigenvalue weighted by Crippen LogP contribution is 2.29. The van der Waals surface area contributed by atoms with Crippen LogP contribution in [-0.2, 0) is 4.79 Å². The minimum Gasteiger partial charge on any atom is -0.476 e. The molecule has 0 aromatic heterocycles. The van der Waals surface area contributed by atoms with Crippen LogP contribution in [0.5, 0.6) is 5.75 Å². The molecule has 1 aliphatic heterocycles. The first-order valence-electron chi connectivity index (χ1n) is 8.75. The Bertz CT molecular complexity index is 646. The zero-order chi connectivity index (χ0) is 16.9. The summed E-state index contributed by atoms with van der Waals surface area (Å²) in [5.41, 5.74) is 0.899. The Morgan fingerprint density at radius 1 is 0.958 bits per heavy atom. The molecular formula is C21H25NO2. The molecule has 126 valence electrons. The second kappa shape index (κ2) is 7.52. The number of amides is 1. The van der Waals surface area contributed by atoms with E-state index in [1.165, 1.54) is 6.42 Å². The summed E-state index contributed by atoms with van der Waals surface area (Å²) in [5.74, 6) is 0.779. The number of para-hydroxylation sites is 1. The van der Waals surface area contributed by atoms with Crippen LogP contribution >= 0.6 is 0 Å². The first kappa shape index (κ1) is 16.6. The van der Waals surface area contributed by atoms with Gasteiger partial charge in [-0.3, -0.25) is 4.79 Å². The van der Waals surface area contributed by atoms with Crippen LogP contribution < -0.4 is 4.74 Å². The van der Waals surface area contributed by atoms with Crippen molar-refractivity contribution in [3.8, 4) is 5.75 Å². The van der Waals surface area contributed by atoms with Crippen LogP contribution in [0.1, 0.15) is 44.8 Å². The van der Waals surface area contributed by atoms with Crippen molar-refractivity contribution in [2.75, 3.05) is 0 Å². The third kappa shape index (κ3) is 3.61. The Balaban J connectivity index is 1.90. The van der Waals surface area contributed by atoms with E-state index >= 15 is 0 Å². The largest absolute Gasteiger partial charge is 0.476 e. The first-order valence-corrected chi connectivity index (χ1v) is 8.75. The lowest BCUT2D eigenvalue weighted by molar-refractivity contribution is -0.145. The van der Waals surface area contributed by atoms with Crippen LogP contribution in [0.25, 0.3) is 0 Å². The molecule has 0 bridgehead atoms. The zero-order valence-corrected chi connectivity index (χ0v) is 14.4. The van der Waals surface area contributed by atoms with E-state index in [1.807, 2.05) is 65.6 Å². The van der Waals surface area contributed by atoms with Crippen molar-refractivity contribution in [2.45, 2.75) is 51.3 Å². The summed E-state index contributed by atoms with van der Waals surface area (Å²) in [6, 6.07) is 19.9. The number of carbonyl (C=O) groups excluding carboxylic acids is 1. The Morgan fingerprint density at radius 3 is 2.08 bits per heavy atom. The van der Waals surface area contributed by atoms with Gasteiger partial charge in [0, 0.05) is 17.6 Å². The molecule has 0 radical (unpaired) electrons. The van der Waals surface area contributed by atoms with Gasteiger partial charge in [-0.15, -0.1) is 0 Å². The third-order valence-electron chi connectivity index (χ3n) is 4.77. The van der Waals surface area contributed by atoms with Crippen LogP contribution in [0.3, 0.4) is 0 Å². The van der Waals surface area contributed by atoms with Gasteiger partial charge in [-0.25, -0.2) is 0 Å². The van der Waals surface area contributed by atoms with E-state index in [2.05, 4.69) is 13.8 Å². The van der Waals surface area contributed by atoms with E-state index < -0.39 is 6.10 Å². The molecular weight excluding hydrogens is 298 g/mol. The Morgan fingerprint density at radius 2 is 1.50 bits per heavy atom. The minimum atomic E-state index is -0.600. The van der Waals surface area contributed by atoms with E-state index in [-0.39, 0.29) is 18.0 Å². The summed E-state index contributed by atoms with van der Waals surface area (Å²) < 4.78 is 6.12. The predicted molar refractivity (Wildman–Crippen MR) is 95.9 cm³/mol. The number of rotatable bonds is 4. The standard InChI is InChI=1S/C21H25NO2/c1-16-10-9-11-17(2)22(16)21(23)20(18-12-5-3-6-13-18)24-19-14-7-4-8-15-19/h3-8,12-17,20H,9-11H2,1-2H3. The molecule has 2 aromatic rings. The molecule has 0 saturated carbocycles. The topological polar surface area (TPSA) is 29.5 Å². The van der Waals surface area contributed by atoms with Gasteiger partial charge >= 0.3 is 0 Å². The smallest absolute Gasteiger partial charge is 0.268 e. The second-order valence-electron chi connectivity index (χ2n) is 6.60. The fraction of sp³-hybridized carbons (Fsp3) is 0.381. The van der Waals surface area contributed by atoms with Gasteiger partial charge in [-0.2, -0.15) is 0 Å². The molecule has 3 heteroatoms. The molecule has 0 N–H and O–H groups in total. The van der Waals surface area contributed by atoms with Gasteiger partial charge in [-0.05, 0) is 45.2 Å². The van der Waals surface area contributed by atoms with Gasteiger partial charge in [-0.1, -0.05) is 48.5 Å². The monoisotopic (exact) mass is 323 g/mol. The zero-order valence-electron chi connectivity index (χ0n) is 14.4. The summed E-state index contributed by atoms with van der Waals surface area (Å²) in [7, 11) is 0. The van der Waals surface area contributed by atoms with Crippen molar-refractivity contribution < 1.29 is 9.53 Å². The molecule has 3 unspecified atom stereocenters. The van der Waals surface area contributed by atoms with Crippen molar-refractivity contribution >= 4 is 5.91 Å². The van der Waals surface area contributed by atoms with E-state index in [0.717, 1.165) is 24.2 Å². The predicted octanol–water partition coefficient (Wildman–Crippen LogP) is 4.60. The summed E-state index contributed by atoms with van der Waals surface area (Å²) >= 11 is 0. The quantitative estimate of drug-likeness (QED) is 0.823. The molecule has 1 aliphatic rings. The molecule has 1 amide bonds. The Hall–Kier alpha value is -2.29. The number of hydrogen-bond acceptors (Lipinski definition) is 2. The number of likely N-dealkylation sites (tertiary alicyclic amines) is 1. The number of ether oxygens (including phenoxy) is 1. The highest BCUT2D eigenvalue weighted by Gasteiger charge is 2.35. The maximum absolute atomic E-state index is 13.3. The van der Waals surface area contributed by atoms with Crippen LogP contribution in [0, 0.1) is 0 Å². The van der Waals surface area contributed by atoms with Gasteiger partial charge in [0.15, 0.2) is 0 Å². The van der Waals surface area contributed by atoms with Gasteiger partial charge < -0.3 is 9.64 Å². The summed E-state index contributed by atoms with van der Waals surface area (Å²) in [6.45, 7) is 4.27. The van der Waals surface area contributed by atoms with Crippen LogP contribution in [0.15, 0.2) is 60.7 Å². The third-order valence-corrected chi connectivity index (χ3v) is 4.77. The lowest BCUT2D eigenvalue weighted by atomic mass is 9.95. The maximum atomic E-state index is 13.3. The normalized spacial score (nSPS) is 22.0. The molecule has 3 nitrogen and oxygen atoms in total. The van der Waals surface area contributed by atoms with Crippen molar-refractivity contribution in [1.29, 1.82) is 0 Å². The SMILES string of the molecule is CC1CCCC(C)N1C(=O)C(Oc1ccccc1)c1ccccc1. The van der Waals surface area contributed by atoms with Gasteiger partial charge in [0.2, 0.25) is 6.10 Å². The lowest BCUT2D eigenvalue weighted by Crippen LogP contribution is -2.50. The highest BCUT2D eigenvalue weighted by atomic mass is 16.5.